The molecule has 3 rings (SSSR count). The monoisotopic (exact) mass is 434 g/mol. The first-order valence-electron chi connectivity index (χ1n) is 9.11. The van der Waals surface area contributed by atoms with E-state index in [0.29, 0.717) is 29.5 Å². The van der Waals surface area contributed by atoms with Crippen LogP contribution < -0.4 is 15.4 Å². The van der Waals surface area contributed by atoms with Crippen LogP contribution in [0.3, 0.4) is 0 Å². The van der Waals surface area contributed by atoms with Crippen LogP contribution in [0.4, 0.5) is 11.4 Å². The highest BCUT2D eigenvalue weighted by atomic mass is 32.2. The van der Waals surface area contributed by atoms with Crippen molar-refractivity contribution in [3.8, 4) is 5.75 Å². The molecular weight excluding hydrogens is 412 g/mol. The number of fused-ring (bicyclic) bond motifs is 1. The van der Waals surface area contributed by atoms with Crippen LogP contribution in [0.15, 0.2) is 52.3 Å². The van der Waals surface area contributed by atoms with Gasteiger partial charge in [0.2, 0.25) is 11.8 Å². The Kier molecular flexibility index (Phi) is 6.49. The standard InChI is InChI=1S/C20H22N2O5S2/c1-3-27-15-6-4-14(5-7-15)21-20(24)13(2)12-29(25,26)16-8-9-18-17(10-16)22-19(23)11-28-18/h4-10,13H,3,11-12H2,1-2H3,(H,21,24)(H,22,23)/t13-/m1/s1. The van der Waals surface area contributed by atoms with Gasteiger partial charge in [0, 0.05) is 16.5 Å². The van der Waals surface area contributed by atoms with Gasteiger partial charge in [-0.1, -0.05) is 6.92 Å². The molecule has 0 aromatic heterocycles. The van der Waals surface area contributed by atoms with E-state index in [9.17, 15) is 18.0 Å². The van der Waals surface area contributed by atoms with Crippen LogP contribution in [0.25, 0.3) is 0 Å². The molecule has 1 aliphatic rings. The Morgan fingerprint density at radius 2 is 1.97 bits per heavy atom. The Morgan fingerprint density at radius 1 is 1.24 bits per heavy atom. The summed E-state index contributed by atoms with van der Waals surface area (Å²) in [6, 6.07) is 11.5. The van der Waals surface area contributed by atoms with Gasteiger partial charge in [-0.3, -0.25) is 9.59 Å². The van der Waals surface area contributed by atoms with E-state index in [4.69, 9.17) is 4.74 Å². The van der Waals surface area contributed by atoms with E-state index in [1.54, 1.807) is 37.3 Å². The second-order valence-electron chi connectivity index (χ2n) is 6.62. The van der Waals surface area contributed by atoms with Crippen LogP contribution in [0.5, 0.6) is 5.75 Å². The van der Waals surface area contributed by atoms with Crippen molar-refractivity contribution in [2.75, 3.05) is 28.7 Å². The molecule has 0 saturated carbocycles. The fourth-order valence-corrected chi connectivity index (χ4v) is 5.19. The fraction of sp³-hybridized carbons (Fsp3) is 0.300. The van der Waals surface area contributed by atoms with Crippen molar-refractivity contribution in [1.29, 1.82) is 0 Å². The molecule has 0 fully saturated rings. The highest BCUT2D eigenvalue weighted by molar-refractivity contribution is 8.00. The van der Waals surface area contributed by atoms with Crippen LogP contribution in [0.1, 0.15) is 13.8 Å². The predicted octanol–water partition coefficient (Wildman–Crippen LogP) is 3.18. The van der Waals surface area contributed by atoms with Crippen LogP contribution in [-0.4, -0.2) is 38.3 Å². The number of hydrogen-bond donors (Lipinski definition) is 2. The molecular formula is C20H22N2O5S2. The minimum Gasteiger partial charge on any atom is -0.494 e. The molecule has 2 amide bonds. The van der Waals surface area contributed by atoms with Gasteiger partial charge in [-0.05, 0) is 49.4 Å². The molecule has 0 aliphatic carbocycles. The van der Waals surface area contributed by atoms with Crippen LogP contribution in [0, 0.1) is 5.92 Å². The third kappa shape index (κ3) is 5.30. The Balaban J connectivity index is 1.67. The van der Waals surface area contributed by atoms with E-state index in [0.717, 1.165) is 4.90 Å². The molecule has 2 aromatic carbocycles. The molecule has 154 valence electrons. The maximum absolute atomic E-state index is 12.8. The number of ether oxygens (including phenoxy) is 1. The topological polar surface area (TPSA) is 102 Å². The van der Waals surface area contributed by atoms with Crippen molar-refractivity contribution in [3.05, 3.63) is 42.5 Å². The van der Waals surface area contributed by atoms with E-state index in [1.807, 2.05) is 6.92 Å². The van der Waals surface area contributed by atoms with Crippen LogP contribution in [0.2, 0.25) is 0 Å². The zero-order valence-electron chi connectivity index (χ0n) is 16.1. The van der Waals surface area contributed by atoms with Crippen LogP contribution >= 0.6 is 11.8 Å². The third-order valence-corrected chi connectivity index (χ3v) is 7.28. The summed E-state index contributed by atoms with van der Waals surface area (Å²) >= 11 is 1.36. The fourth-order valence-electron chi connectivity index (χ4n) is 2.82. The number of carbonyl (C=O) groups is 2. The first kappa shape index (κ1) is 21.2. The molecule has 0 spiro atoms. The van der Waals surface area contributed by atoms with Crippen LogP contribution in [-0.2, 0) is 19.4 Å². The number of sulfone groups is 1. The Hall–Kier alpha value is -2.52. The molecule has 7 nitrogen and oxygen atoms in total. The third-order valence-electron chi connectivity index (χ3n) is 4.29. The van der Waals surface area contributed by atoms with Crippen molar-refractivity contribution in [1.82, 2.24) is 0 Å². The van der Waals surface area contributed by atoms with Gasteiger partial charge in [-0.2, -0.15) is 0 Å². The molecule has 2 aromatic rings. The molecule has 0 saturated heterocycles. The summed E-state index contributed by atoms with van der Waals surface area (Å²) in [7, 11) is -3.70. The summed E-state index contributed by atoms with van der Waals surface area (Å²) in [5.41, 5.74) is 1.05. The molecule has 9 heteroatoms. The van der Waals surface area contributed by atoms with Gasteiger partial charge in [0.25, 0.3) is 0 Å². The predicted molar refractivity (Wildman–Crippen MR) is 113 cm³/mol. The molecule has 1 aliphatic heterocycles. The Morgan fingerprint density at radius 3 is 2.66 bits per heavy atom. The first-order chi connectivity index (χ1) is 13.8. The minimum atomic E-state index is -3.70. The lowest BCUT2D eigenvalue weighted by atomic mass is 10.2. The first-order valence-corrected chi connectivity index (χ1v) is 11.8. The Bertz CT molecular complexity index is 1020. The lowest BCUT2D eigenvalue weighted by Gasteiger charge is -2.18. The number of thioether (sulfide) groups is 1. The quantitative estimate of drug-likeness (QED) is 0.694. The van der Waals surface area contributed by atoms with Gasteiger partial charge >= 0.3 is 0 Å². The van der Waals surface area contributed by atoms with Crippen molar-refractivity contribution >= 4 is 44.8 Å². The number of nitrogens with one attached hydrogen (secondary N) is 2. The summed E-state index contributed by atoms with van der Waals surface area (Å²) in [6.45, 7) is 4.00. The van der Waals surface area contributed by atoms with Crippen molar-refractivity contribution < 1.29 is 22.7 Å². The maximum Gasteiger partial charge on any atom is 0.234 e. The summed E-state index contributed by atoms with van der Waals surface area (Å²) in [5.74, 6) is -0.650. The average Bonchev–Trinajstić information content (AvgIpc) is 2.68. The number of rotatable bonds is 7. The van der Waals surface area contributed by atoms with E-state index < -0.39 is 15.8 Å². The summed E-state index contributed by atoms with van der Waals surface area (Å²) in [5, 5.41) is 5.40. The zero-order valence-corrected chi connectivity index (χ0v) is 17.7. The van der Waals surface area contributed by atoms with Gasteiger partial charge in [-0.25, -0.2) is 8.42 Å². The number of anilines is 2. The van der Waals surface area contributed by atoms with E-state index in [1.165, 1.54) is 23.9 Å². The van der Waals surface area contributed by atoms with E-state index in [-0.39, 0.29) is 22.5 Å². The Labute approximate surface area is 174 Å². The van der Waals surface area contributed by atoms with Crippen molar-refractivity contribution in [2.24, 2.45) is 5.92 Å². The van der Waals surface area contributed by atoms with E-state index in [2.05, 4.69) is 10.6 Å². The second-order valence-corrected chi connectivity index (χ2v) is 9.68. The highest BCUT2D eigenvalue weighted by Gasteiger charge is 2.25. The smallest absolute Gasteiger partial charge is 0.234 e. The normalized spacial score (nSPS) is 14.5. The number of hydrogen-bond acceptors (Lipinski definition) is 6. The molecule has 1 atom stereocenters. The summed E-state index contributed by atoms with van der Waals surface area (Å²) in [6.07, 6.45) is 0. The lowest BCUT2D eigenvalue weighted by Crippen LogP contribution is -2.27. The SMILES string of the molecule is CCOc1ccc(NC(=O)[C@H](C)CS(=O)(=O)c2ccc3c(c2)NC(=O)CS3)cc1. The molecule has 0 unspecified atom stereocenters. The van der Waals surface area contributed by atoms with Crippen molar-refractivity contribution in [3.63, 3.8) is 0 Å². The molecule has 0 radical (unpaired) electrons. The summed E-state index contributed by atoms with van der Waals surface area (Å²) in [4.78, 5) is 24.9. The average molecular weight is 435 g/mol. The van der Waals surface area contributed by atoms with Gasteiger partial charge in [0.05, 0.1) is 28.7 Å². The molecule has 1 heterocycles. The molecule has 29 heavy (non-hydrogen) atoms. The second kappa shape index (κ2) is 8.87. The minimum absolute atomic E-state index is 0.0831. The molecule has 2 N–H and O–H groups in total. The van der Waals surface area contributed by atoms with E-state index >= 15 is 0 Å². The summed E-state index contributed by atoms with van der Waals surface area (Å²) < 4.78 is 30.9. The van der Waals surface area contributed by atoms with Crippen molar-refractivity contribution in [2.45, 2.75) is 23.6 Å². The largest absolute Gasteiger partial charge is 0.494 e. The maximum atomic E-state index is 12.8. The zero-order chi connectivity index (χ0) is 21.0. The molecule has 0 bridgehead atoms. The number of benzene rings is 2. The van der Waals surface area contributed by atoms with Gasteiger partial charge in [0.1, 0.15) is 5.75 Å². The van der Waals surface area contributed by atoms with Gasteiger partial charge in [-0.15, -0.1) is 11.8 Å². The highest BCUT2D eigenvalue weighted by Crippen LogP contribution is 2.33. The number of amides is 2. The lowest BCUT2D eigenvalue weighted by molar-refractivity contribution is -0.118. The van der Waals surface area contributed by atoms with Gasteiger partial charge < -0.3 is 15.4 Å². The van der Waals surface area contributed by atoms with Gasteiger partial charge in [0.15, 0.2) is 9.84 Å². The number of carbonyl (C=O) groups excluding carboxylic acids is 2.